The monoisotopic (exact) mass is 254 g/mol. The summed E-state index contributed by atoms with van der Waals surface area (Å²) in [4.78, 5) is 3.75. The van der Waals surface area contributed by atoms with E-state index in [4.69, 9.17) is 45.6 Å². The molecule has 3 N–H and O–H groups in total. The Morgan fingerprint density at radius 1 is 1.50 bits per heavy atom. The summed E-state index contributed by atoms with van der Waals surface area (Å²) in [7, 11) is 0. The van der Waals surface area contributed by atoms with Gasteiger partial charge in [0.05, 0.1) is 22.2 Å². The fourth-order valence-electron chi connectivity index (χ4n) is 1.05. The average molecular weight is 256 g/mol. The van der Waals surface area contributed by atoms with Gasteiger partial charge >= 0.3 is 0 Å². The lowest BCUT2D eigenvalue weighted by Crippen LogP contribution is -2.37. The third-order valence-corrected chi connectivity index (χ3v) is 2.87. The van der Waals surface area contributed by atoms with Crippen molar-refractivity contribution in [3.05, 3.63) is 27.0 Å². The summed E-state index contributed by atoms with van der Waals surface area (Å²) in [5.74, 6) is 0. The second kappa shape index (κ2) is 4.21. The lowest BCUT2D eigenvalue weighted by Gasteiger charge is -2.24. The van der Waals surface area contributed by atoms with E-state index in [1.807, 2.05) is 0 Å². The lowest BCUT2D eigenvalue weighted by molar-refractivity contribution is 0.210. The molecule has 1 rings (SSSR count). The van der Waals surface area contributed by atoms with E-state index >= 15 is 0 Å². The van der Waals surface area contributed by atoms with E-state index < -0.39 is 5.54 Å². The van der Waals surface area contributed by atoms with Crippen LogP contribution in [-0.4, -0.2) is 16.7 Å². The molecule has 14 heavy (non-hydrogen) atoms. The van der Waals surface area contributed by atoms with Gasteiger partial charge in [0.2, 0.25) is 0 Å². The molecule has 0 bridgehead atoms. The number of aliphatic hydroxyl groups is 1. The van der Waals surface area contributed by atoms with Crippen molar-refractivity contribution in [2.45, 2.75) is 12.5 Å². The van der Waals surface area contributed by atoms with Gasteiger partial charge in [0.15, 0.2) is 0 Å². The Labute approximate surface area is 96.8 Å². The summed E-state index contributed by atoms with van der Waals surface area (Å²) in [5, 5.41) is 9.67. The maximum atomic E-state index is 9.08. The van der Waals surface area contributed by atoms with Gasteiger partial charge in [0, 0.05) is 11.8 Å². The molecular formula is C8H9Cl3N2O. The second-order valence-electron chi connectivity index (χ2n) is 3.16. The summed E-state index contributed by atoms with van der Waals surface area (Å²) in [5.41, 5.74) is 5.18. The summed E-state index contributed by atoms with van der Waals surface area (Å²) in [6, 6.07) is 0. The first kappa shape index (κ1) is 12.0. The van der Waals surface area contributed by atoms with Gasteiger partial charge < -0.3 is 10.8 Å². The van der Waals surface area contributed by atoms with Crippen LogP contribution in [0.25, 0.3) is 0 Å². The fraction of sp³-hybridized carbons (Fsp3) is 0.375. The first-order valence-electron chi connectivity index (χ1n) is 3.80. The van der Waals surface area contributed by atoms with Crippen LogP contribution >= 0.6 is 34.8 Å². The van der Waals surface area contributed by atoms with Crippen LogP contribution in [0.4, 0.5) is 0 Å². The molecule has 0 aliphatic heterocycles. The van der Waals surface area contributed by atoms with Crippen molar-refractivity contribution < 1.29 is 5.11 Å². The highest BCUT2D eigenvalue weighted by atomic mass is 35.5. The molecule has 1 aromatic rings. The highest BCUT2D eigenvalue weighted by Gasteiger charge is 2.27. The minimum atomic E-state index is -1.03. The molecule has 1 heterocycles. The van der Waals surface area contributed by atoms with E-state index in [-0.39, 0.29) is 16.8 Å². The zero-order valence-corrected chi connectivity index (χ0v) is 9.66. The molecule has 1 unspecified atom stereocenters. The lowest BCUT2D eigenvalue weighted by atomic mass is 9.95. The Balaban J connectivity index is 3.40. The standard InChI is InChI=1S/C8H9Cl3N2O/c1-8(12,3-14)5-4(9)2-13-7(11)6(5)10/h2,14H,3,12H2,1H3. The Morgan fingerprint density at radius 3 is 2.57 bits per heavy atom. The number of rotatable bonds is 2. The maximum absolute atomic E-state index is 9.08. The summed E-state index contributed by atoms with van der Waals surface area (Å²) in [6.07, 6.45) is 1.35. The number of nitrogens with zero attached hydrogens (tertiary/aromatic N) is 1. The topological polar surface area (TPSA) is 59.1 Å². The zero-order chi connectivity index (χ0) is 10.9. The number of aromatic nitrogens is 1. The molecule has 0 aliphatic rings. The molecule has 0 fully saturated rings. The number of hydrogen-bond donors (Lipinski definition) is 2. The van der Waals surface area contributed by atoms with Crippen molar-refractivity contribution >= 4 is 34.8 Å². The van der Waals surface area contributed by atoms with E-state index in [0.29, 0.717) is 10.6 Å². The summed E-state index contributed by atoms with van der Waals surface area (Å²) < 4.78 is 0. The van der Waals surface area contributed by atoms with Gasteiger partial charge in [-0.15, -0.1) is 0 Å². The Kier molecular flexibility index (Phi) is 3.61. The van der Waals surface area contributed by atoms with Gasteiger partial charge in [-0.1, -0.05) is 34.8 Å². The van der Waals surface area contributed by atoms with E-state index in [1.165, 1.54) is 6.20 Å². The summed E-state index contributed by atoms with van der Waals surface area (Å²) in [6.45, 7) is 1.32. The fourth-order valence-corrected chi connectivity index (χ4v) is 1.96. The normalized spacial score (nSPS) is 15.3. The van der Waals surface area contributed by atoms with Crippen LogP contribution in [0.2, 0.25) is 15.2 Å². The first-order chi connectivity index (χ1) is 6.40. The molecule has 0 aromatic carbocycles. The van der Waals surface area contributed by atoms with Gasteiger partial charge in [-0.05, 0) is 6.92 Å². The van der Waals surface area contributed by atoms with Crippen LogP contribution < -0.4 is 5.73 Å². The predicted octanol–water partition coefficient (Wildman–Crippen LogP) is 2.21. The van der Waals surface area contributed by atoms with Crippen molar-refractivity contribution in [2.24, 2.45) is 5.73 Å². The van der Waals surface area contributed by atoms with Crippen LogP contribution in [0.3, 0.4) is 0 Å². The van der Waals surface area contributed by atoms with Gasteiger partial charge in [0.1, 0.15) is 5.15 Å². The molecule has 3 nitrogen and oxygen atoms in total. The molecule has 0 saturated carbocycles. The molecule has 0 saturated heterocycles. The quantitative estimate of drug-likeness (QED) is 0.797. The van der Waals surface area contributed by atoms with Gasteiger partial charge in [-0.25, -0.2) is 4.98 Å². The van der Waals surface area contributed by atoms with Crippen LogP contribution in [0.1, 0.15) is 12.5 Å². The van der Waals surface area contributed by atoms with Gasteiger partial charge in [-0.2, -0.15) is 0 Å². The van der Waals surface area contributed by atoms with Crippen LogP contribution in [-0.2, 0) is 5.54 Å². The molecule has 1 aromatic heterocycles. The second-order valence-corrected chi connectivity index (χ2v) is 4.30. The van der Waals surface area contributed by atoms with Gasteiger partial charge in [-0.3, -0.25) is 0 Å². The number of aliphatic hydroxyl groups excluding tert-OH is 1. The minimum absolute atomic E-state index is 0.121. The van der Waals surface area contributed by atoms with Crippen molar-refractivity contribution in [2.75, 3.05) is 6.61 Å². The van der Waals surface area contributed by atoms with E-state index in [2.05, 4.69) is 4.98 Å². The highest BCUT2D eigenvalue weighted by molar-refractivity contribution is 6.43. The molecule has 78 valence electrons. The predicted molar refractivity (Wildman–Crippen MR) is 57.9 cm³/mol. The first-order valence-corrected chi connectivity index (χ1v) is 4.93. The maximum Gasteiger partial charge on any atom is 0.148 e. The largest absolute Gasteiger partial charge is 0.394 e. The van der Waals surface area contributed by atoms with Crippen molar-refractivity contribution in [3.63, 3.8) is 0 Å². The van der Waals surface area contributed by atoms with Gasteiger partial charge in [0.25, 0.3) is 0 Å². The summed E-state index contributed by atoms with van der Waals surface area (Å²) >= 11 is 17.5. The van der Waals surface area contributed by atoms with E-state index in [0.717, 1.165) is 0 Å². The molecule has 0 radical (unpaired) electrons. The number of pyridine rings is 1. The van der Waals surface area contributed by atoms with E-state index in [1.54, 1.807) is 6.92 Å². The van der Waals surface area contributed by atoms with Crippen LogP contribution in [0.15, 0.2) is 6.20 Å². The Bertz CT molecular complexity index is 355. The third kappa shape index (κ3) is 2.12. The van der Waals surface area contributed by atoms with E-state index in [9.17, 15) is 0 Å². The molecular weight excluding hydrogens is 246 g/mol. The smallest absolute Gasteiger partial charge is 0.148 e. The minimum Gasteiger partial charge on any atom is -0.394 e. The number of halogens is 3. The Hall–Kier alpha value is -0.0600. The van der Waals surface area contributed by atoms with Crippen LogP contribution in [0, 0.1) is 0 Å². The molecule has 6 heteroatoms. The third-order valence-electron chi connectivity index (χ3n) is 1.83. The zero-order valence-electron chi connectivity index (χ0n) is 7.39. The van der Waals surface area contributed by atoms with Crippen molar-refractivity contribution in [1.29, 1.82) is 0 Å². The number of nitrogens with two attached hydrogens (primary N) is 1. The van der Waals surface area contributed by atoms with Crippen molar-refractivity contribution in [3.8, 4) is 0 Å². The molecule has 0 spiro atoms. The average Bonchev–Trinajstić information content (AvgIpc) is 2.12. The SMILES string of the molecule is CC(N)(CO)c1c(Cl)cnc(Cl)c1Cl. The molecule has 1 atom stereocenters. The Morgan fingerprint density at radius 2 is 2.07 bits per heavy atom. The van der Waals surface area contributed by atoms with Crippen molar-refractivity contribution in [1.82, 2.24) is 4.98 Å². The van der Waals surface area contributed by atoms with Crippen LogP contribution in [0.5, 0.6) is 0 Å². The highest BCUT2D eigenvalue weighted by Crippen LogP contribution is 2.35. The molecule has 0 amide bonds. The number of hydrogen-bond acceptors (Lipinski definition) is 3. The molecule has 0 aliphatic carbocycles.